The van der Waals surface area contributed by atoms with Gasteiger partial charge in [-0.05, 0) is 37.4 Å². The summed E-state index contributed by atoms with van der Waals surface area (Å²) in [5.41, 5.74) is 7.43. The number of ether oxygens (including phenoxy) is 1. The number of fused-ring (bicyclic) bond motifs is 1. The number of para-hydroxylation sites is 1. The van der Waals surface area contributed by atoms with E-state index in [1.165, 1.54) is 0 Å². The minimum absolute atomic E-state index is 0.560. The lowest BCUT2D eigenvalue weighted by molar-refractivity contribution is 0.311. The Hall–Kier alpha value is -2.86. The van der Waals surface area contributed by atoms with Crippen LogP contribution in [0.4, 0.5) is 11.6 Å². The number of nitrogen functional groups attached to an aromatic ring is 1. The van der Waals surface area contributed by atoms with E-state index in [1.54, 1.807) is 0 Å². The van der Waals surface area contributed by atoms with Crippen LogP contribution < -0.4 is 15.4 Å². The quantitative estimate of drug-likeness (QED) is 0.742. The van der Waals surface area contributed by atoms with Crippen LogP contribution in [0.2, 0.25) is 0 Å². The molecule has 2 N–H and O–H groups in total. The molecule has 25 heavy (non-hydrogen) atoms. The predicted molar refractivity (Wildman–Crippen MR) is 100 cm³/mol. The van der Waals surface area contributed by atoms with Crippen LogP contribution in [-0.2, 0) is 0 Å². The fourth-order valence-electron chi connectivity index (χ4n) is 2.93. The number of nitrogens with two attached hydrogens (primary N) is 1. The first-order valence-electron chi connectivity index (χ1n) is 8.43. The molecule has 0 saturated carbocycles. The van der Waals surface area contributed by atoms with Gasteiger partial charge in [0.05, 0.1) is 10.9 Å². The molecular formula is C19H21N5O. The molecule has 0 amide bonds. The molecular weight excluding hydrogens is 314 g/mol. The molecule has 1 saturated heterocycles. The molecule has 6 nitrogen and oxygen atoms in total. The van der Waals surface area contributed by atoms with Gasteiger partial charge in [-0.3, -0.25) is 0 Å². The lowest BCUT2D eigenvalue weighted by atomic mass is 10.2. The second-order valence-electron chi connectivity index (χ2n) is 6.31. The normalized spacial score (nSPS) is 15.5. The SMILES string of the molecule is CN1CCN(c2nc(Oc3ccccc3)c3ccc(N)cc3n2)CC1. The maximum absolute atomic E-state index is 6.06. The Kier molecular flexibility index (Phi) is 4.11. The van der Waals surface area contributed by atoms with Gasteiger partial charge in [0.15, 0.2) is 0 Å². The molecule has 1 aliphatic rings. The summed E-state index contributed by atoms with van der Waals surface area (Å²) in [6.07, 6.45) is 0. The highest BCUT2D eigenvalue weighted by Crippen LogP contribution is 2.30. The van der Waals surface area contributed by atoms with Gasteiger partial charge in [0.1, 0.15) is 5.75 Å². The maximum Gasteiger partial charge on any atom is 0.231 e. The second kappa shape index (κ2) is 6.57. The monoisotopic (exact) mass is 335 g/mol. The highest BCUT2D eigenvalue weighted by atomic mass is 16.5. The molecule has 1 fully saturated rings. The molecule has 6 heteroatoms. The highest BCUT2D eigenvalue weighted by Gasteiger charge is 2.19. The van der Waals surface area contributed by atoms with Crippen molar-refractivity contribution in [3.05, 3.63) is 48.5 Å². The zero-order valence-corrected chi connectivity index (χ0v) is 14.2. The van der Waals surface area contributed by atoms with Crippen molar-refractivity contribution in [1.82, 2.24) is 14.9 Å². The molecule has 0 radical (unpaired) electrons. The molecule has 2 aromatic carbocycles. The summed E-state index contributed by atoms with van der Waals surface area (Å²) >= 11 is 0. The predicted octanol–water partition coefficient (Wildman–Crippen LogP) is 2.76. The average Bonchev–Trinajstić information content (AvgIpc) is 2.62. The summed E-state index contributed by atoms with van der Waals surface area (Å²) in [5.74, 6) is 2.01. The molecule has 128 valence electrons. The third-order valence-electron chi connectivity index (χ3n) is 4.42. The van der Waals surface area contributed by atoms with Crippen LogP contribution in [0.5, 0.6) is 11.6 Å². The van der Waals surface area contributed by atoms with Crippen molar-refractivity contribution in [3.63, 3.8) is 0 Å². The second-order valence-corrected chi connectivity index (χ2v) is 6.31. The minimum Gasteiger partial charge on any atom is -0.438 e. The number of hydrogen-bond donors (Lipinski definition) is 1. The van der Waals surface area contributed by atoms with Crippen molar-refractivity contribution in [2.24, 2.45) is 0 Å². The number of rotatable bonds is 3. The Balaban J connectivity index is 1.76. The summed E-state index contributed by atoms with van der Waals surface area (Å²) in [6, 6.07) is 15.3. The van der Waals surface area contributed by atoms with Gasteiger partial charge in [-0.15, -0.1) is 0 Å². The molecule has 0 unspecified atom stereocenters. The third kappa shape index (κ3) is 3.34. The van der Waals surface area contributed by atoms with E-state index in [0.29, 0.717) is 17.5 Å². The topological polar surface area (TPSA) is 67.5 Å². The standard InChI is InChI=1S/C19H21N5O/c1-23-9-11-24(12-10-23)19-21-17-13-14(20)7-8-16(17)18(22-19)25-15-5-3-2-4-6-15/h2-8,13H,9-12,20H2,1H3. The first-order valence-corrected chi connectivity index (χ1v) is 8.43. The van der Waals surface area contributed by atoms with E-state index in [1.807, 2.05) is 48.5 Å². The van der Waals surface area contributed by atoms with Crippen molar-refractivity contribution >= 4 is 22.5 Å². The van der Waals surface area contributed by atoms with Crippen LogP contribution in [0, 0.1) is 0 Å². The van der Waals surface area contributed by atoms with Gasteiger partial charge in [0.25, 0.3) is 0 Å². The van der Waals surface area contributed by atoms with E-state index in [-0.39, 0.29) is 0 Å². The van der Waals surface area contributed by atoms with Crippen molar-refractivity contribution in [3.8, 4) is 11.6 Å². The molecule has 0 spiro atoms. The first-order chi connectivity index (χ1) is 12.2. The summed E-state index contributed by atoms with van der Waals surface area (Å²) in [4.78, 5) is 13.9. The largest absolute Gasteiger partial charge is 0.438 e. The van der Waals surface area contributed by atoms with Crippen LogP contribution in [0.25, 0.3) is 10.9 Å². The Morgan fingerprint density at radius 1 is 0.960 bits per heavy atom. The summed E-state index contributed by atoms with van der Waals surface area (Å²) < 4.78 is 6.06. The van der Waals surface area contributed by atoms with Crippen LogP contribution >= 0.6 is 0 Å². The number of likely N-dealkylation sites (N-methyl/N-ethyl adjacent to an activating group) is 1. The number of piperazine rings is 1. The van der Waals surface area contributed by atoms with E-state index in [4.69, 9.17) is 20.4 Å². The smallest absolute Gasteiger partial charge is 0.231 e. The minimum atomic E-state index is 0.560. The molecule has 0 aliphatic carbocycles. The van der Waals surface area contributed by atoms with Crippen molar-refractivity contribution < 1.29 is 4.74 Å². The molecule has 4 rings (SSSR count). The zero-order valence-electron chi connectivity index (χ0n) is 14.2. The van der Waals surface area contributed by atoms with Gasteiger partial charge in [-0.2, -0.15) is 4.98 Å². The third-order valence-corrected chi connectivity index (χ3v) is 4.42. The summed E-state index contributed by atoms with van der Waals surface area (Å²) in [7, 11) is 2.13. The molecule has 0 bridgehead atoms. The van der Waals surface area contributed by atoms with Gasteiger partial charge in [0.2, 0.25) is 11.8 Å². The molecule has 2 heterocycles. The lowest BCUT2D eigenvalue weighted by Crippen LogP contribution is -2.45. The van der Waals surface area contributed by atoms with E-state index in [0.717, 1.165) is 42.8 Å². The Bertz CT molecular complexity index is 876. The Labute approximate surface area is 146 Å². The van der Waals surface area contributed by atoms with E-state index >= 15 is 0 Å². The Morgan fingerprint density at radius 2 is 1.72 bits per heavy atom. The molecule has 1 aromatic heterocycles. The average molecular weight is 335 g/mol. The van der Waals surface area contributed by atoms with Gasteiger partial charge in [-0.25, -0.2) is 4.98 Å². The van der Waals surface area contributed by atoms with Crippen LogP contribution in [-0.4, -0.2) is 48.1 Å². The van der Waals surface area contributed by atoms with Crippen LogP contribution in [0.3, 0.4) is 0 Å². The van der Waals surface area contributed by atoms with Crippen molar-refractivity contribution in [2.75, 3.05) is 43.9 Å². The van der Waals surface area contributed by atoms with E-state index in [2.05, 4.69) is 16.8 Å². The summed E-state index contributed by atoms with van der Waals surface area (Å²) in [5, 5.41) is 0.857. The van der Waals surface area contributed by atoms with E-state index < -0.39 is 0 Å². The number of aromatic nitrogens is 2. The van der Waals surface area contributed by atoms with Crippen molar-refractivity contribution in [2.45, 2.75) is 0 Å². The van der Waals surface area contributed by atoms with Crippen molar-refractivity contribution in [1.29, 1.82) is 0 Å². The molecule has 0 atom stereocenters. The lowest BCUT2D eigenvalue weighted by Gasteiger charge is -2.32. The number of nitrogens with zero attached hydrogens (tertiary/aromatic N) is 4. The van der Waals surface area contributed by atoms with Gasteiger partial charge in [-0.1, -0.05) is 18.2 Å². The van der Waals surface area contributed by atoms with Crippen LogP contribution in [0.1, 0.15) is 0 Å². The fraction of sp³-hybridized carbons (Fsp3) is 0.263. The summed E-state index contributed by atoms with van der Waals surface area (Å²) in [6.45, 7) is 3.78. The molecule has 3 aromatic rings. The van der Waals surface area contributed by atoms with Gasteiger partial charge in [0, 0.05) is 31.9 Å². The number of anilines is 2. The zero-order chi connectivity index (χ0) is 17.2. The first kappa shape index (κ1) is 15.7. The van der Waals surface area contributed by atoms with Crippen LogP contribution in [0.15, 0.2) is 48.5 Å². The highest BCUT2D eigenvalue weighted by molar-refractivity contribution is 5.87. The number of benzene rings is 2. The Morgan fingerprint density at radius 3 is 2.48 bits per heavy atom. The maximum atomic E-state index is 6.06. The fourth-order valence-corrected chi connectivity index (χ4v) is 2.93. The van der Waals surface area contributed by atoms with Gasteiger partial charge < -0.3 is 20.3 Å². The molecule has 1 aliphatic heterocycles. The number of hydrogen-bond acceptors (Lipinski definition) is 6. The van der Waals surface area contributed by atoms with E-state index in [9.17, 15) is 0 Å². The van der Waals surface area contributed by atoms with Gasteiger partial charge >= 0.3 is 0 Å².